The van der Waals surface area contributed by atoms with Crippen molar-refractivity contribution in [2.75, 3.05) is 13.1 Å². The Morgan fingerprint density at radius 3 is 2.57 bits per heavy atom. The van der Waals surface area contributed by atoms with Gasteiger partial charge in [-0.3, -0.25) is 0 Å². The summed E-state index contributed by atoms with van der Waals surface area (Å²) in [5, 5.41) is 0. The van der Waals surface area contributed by atoms with Crippen LogP contribution in [-0.2, 0) is 4.74 Å². The molecule has 1 aromatic heterocycles. The third-order valence-corrected chi connectivity index (χ3v) is 4.32. The Hall–Kier alpha value is -1.91. The molecular weight excluding hydrogens is 295 g/mol. The van der Waals surface area contributed by atoms with Crippen molar-refractivity contribution in [3.63, 3.8) is 0 Å². The number of ether oxygens (including phenoxy) is 1. The van der Waals surface area contributed by atoms with E-state index >= 15 is 0 Å². The molecule has 0 radical (unpaired) electrons. The maximum Gasteiger partial charge on any atom is 0.410 e. The molecule has 0 bridgehead atoms. The molecule has 0 unspecified atom stereocenters. The SMILES string of the molecule is Cc1ccc(C=C2CC3(C2)CN(C(=O)OC(C)(C)C)C3)nc1F. The fraction of sp³-hybridized carbons (Fsp3) is 0.556. The number of nitrogens with zero attached hydrogens (tertiary/aromatic N) is 2. The Morgan fingerprint density at radius 2 is 2.00 bits per heavy atom. The fourth-order valence-electron chi connectivity index (χ4n) is 3.26. The lowest BCUT2D eigenvalue weighted by atomic mass is 9.60. The van der Waals surface area contributed by atoms with Gasteiger partial charge in [-0.05, 0) is 52.7 Å². The van der Waals surface area contributed by atoms with Crippen molar-refractivity contribution in [2.45, 2.75) is 46.1 Å². The zero-order chi connectivity index (χ0) is 16.8. The summed E-state index contributed by atoms with van der Waals surface area (Å²) in [6.45, 7) is 8.82. The van der Waals surface area contributed by atoms with Crippen molar-refractivity contribution in [3.05, 3.63) is 34.9 Å². The van der Waals surface area contributed by atoms with Crippen molar-refractivity contribution in [3.8, 4) is 0 Å². The predicted molar refractivity (Wildman–Crippen MR) is 86.4 cm³/mol. The minimum atomic E-state index is -0.453. The molecule has 2 heterocycles. The van der Waals surface area contributed by atoms with Gasteiger partial charge in [-0.25, -0.2) is 9.78 Å². The average Bonchev–Trinajstić information content (AvgIpc) is 2.32. The highest BCUT2D eigenvalue weighted by molar-refractivity contribution is 5.70. The number of rotatable bonds is 1. The zero-order valence-corrected chi connectivity index (χ0v) is 14.1. The minimum Gasteiger partial charge on any atom is -0.444 e. The second kappa shape index (κ2) is 5.32. The lowest BCUT2D eigenvalue weighted by Gasteiger charge is -2.56. The number of hydrogen-bond donors (Lipinski definition) is 0. The molecule has 0 atom stereocenters. The molecule has 0 N–H and O–H groups in total. The molecule has 1 aliphatic carbocycles. The van der Waals surface area contributed by atoms with Crippen LogP contribution in [0.15, 0.2) is 17.7 Å². The minimum absolute atomic E-state index is 0.200. The summed E-state index contributed by atoms with van der Waals surface area (Å²) in [6, 6.07) is 3.58. The Balaban J connectivity index is 1.53. The van der Waals surface area contributed by atoms with Crippen LogP contribution in [-0.4, -0.2) is 34.7 Å². The van der Waals surface area contributed by atoms with Crippen molar-refractivity contribution in [2.24, 2.45) is 5.41 Å². The molecule has 1 aromatic rings. The molecule has 23 heavy (non-hydrogen) atoms. The average molecular weight is 318 g/mol. The monoisotopic (exact) mass is 318 g/mol. The van der Waals surface area contributed by atoms with Crippen LogP contribution in [0, 0.1) is 18.3 Å². The molecule has 2 fully saturated rings. The van der Waals surface area contributed by atoms with Gasteiger partial charge >= 0.3 is 6.09 Å². The van der Waals surface area contributed by atoms with Crippen molar-refractivity contribution >= 4 is 12.2 Å². The van der Waals surface area contributed by atoms with E-state index in [0.717, 1.165) is 25.9 Å². The number of aromatic nitrogens is 1. The van der Waals surface area contributed by atoms with Gasteiger partial charge in [-0.1, -0.05) is 11.6 Å². The van der Waals surface area contributed by atoms with Crippen LogP contribution in [0.5, 0.6) is 0 Å². The number of halogens is 1. The molecule has 3 rings (SSSR count). The van der Waals surface area contributed by atoms with Gasteiger partial charge in [0.1, 0.15) is 5.60 Å². The van der Waals surface area contributed by atoms with Gasteiger partial charge in [0, 0.05) is 24.1 Å². The van der Waals surface area contributed by atoms with E-state index in [0.29, 0.717) is 11.3 Å². The topological polar surface area (TPSA) is 42.4 Å². The summed E-state index contributed by atoms with van der Waals surface area (Å²) >= 11 is 0. The Labute approximate surface area is 136 Å². The van der Waals surface area contributed by atoms with Crippen molar-refractivity contribution < 1.29 is 13.9 Å². The standard InChI is InChI=1S/C18H23FN2O2/c1-12-5-6-14(20-15(12)19)7-13-8-18(9-13)10-21(11-18)16(22)23-17(2,3)4/h5-7H,8-11H2,1-4H3. The third kappa shape index (κ3) is 3.38. The van der Waals surface area contributed by atoms with E-state index in [-0.39, 0.29) is 11.5 Å². The summed E-state index contributed by atoms with van der Waals surface area (Å²) in [5.74, 6) is -0.409. The molecule has 1 saturated carbocycles. The van der Waals surface area contributed by atoms with Crippen LogP contribution in [0.1, 0.15) is 44.9 Å². The van der Waals surface area contributed by atoms with Crippen LogP contribution >= 0.6 is 0 Å². The van der Waals surface area contributed by atoms with Gasteiger partial charge in [-0.2, -0.15) is 4.39 Å². The number of carbonyl (C=O) groups excluding carboxylic acids is 1. The zero-order valence-electron chi connectivity index (χ0n) is 14.1. The second-order valence-electron chi connectivity index (χ2n) is 7.84. The van der Waals surface area contributed by atoms with Gasteiger partial charge in [0.15, 0.2) is 0 Å². The molecule has 1 amide bonds. The van der Waals surface area contributed by atoms with Gasteiger partial charge in [0.05, 0.1) is 5.69 Å². The van der Waals surface area contributed by atoms with E-state index in [1.807, 2.05) is 32.9 Å². The van der Waals surface area contributed by atoms with Crippen molar-refractivity contribution in [1.82, 2.24) is 9.88 Å². The molecule has 1 spiro atoms. The smallest absolute Gasteiger partial charge is 0.410 e. The molecule has 0 aromatic carbocycles. The largest absolute Gasteiger partial charge is 0.444 e. The molecule has 2 aliphatic rings. The summed E-state index contributed by atoms with van der Waals surface area (Å²) in [4.78, 5) is 17.6. The van der Waals surface area contributed by atoms with Gasteiger partial charge < -0.3 is 9.64 Å². The summed E-state index contributed by atoms with van der Waals surface area (Å²) in [5.41, 5.74) is 2.24. The molecule has 1 saturated heterocycles. The number of carbonyl (C=O) groups is 1. The maximum absolute atomic E-state index is 13.5. The van der Waals surface area contributed by atoms with E-state index in [2.05, 4.69) is 4.98 Å². The Morgan fingerprint density at radius 1 is 1.35 bits per heavy atom. The number of aryl methyl sites for hydroxylation is 1. The lowest BCUT2D eigenvalue weighted by Crippen LogP contribution is -2.62. The first kappa shape index (κ1) is 16.0. The number of pyridine rings is 1. The second-order valence-corrected chi connectivity index (χ2v) is 7.84. The molecule has 5 heteroatoms. The highest BCUT2D eigenvalue weighted by Gasteiger charge is 2.52. The fourth-order valence-corrected chi connectivity index (χ4v) is 3.26. The number of hydrogen-bond acceptors (Lipinski definition) is 3. The normalized spacial score (nSPS) is 19.2. The van der Waals surface area contributed by atoms with Crippen LogP contribution < -0.4 is 0 Å². The highest BCUT2D eigenvalue weighted by Crippen LogP contribution is 2.52. The number of allylic oxidation sites excluding steroid dienone is 1. The van der Waals surface area contributed by atoms with E-state index in [1.165, 1.54) is 5.57 Å². The first-order valence-corrected chi connectivity index (χ1v) is 7.96. The first-order valence-electron chi connectivity index (χ1n) is 7.96. The first-order chi connectivity index (χ1) is 10.7. The van der Waals surface area contributed by atoms with Gasteiger partial charge in [0.2, 0.25) is 5.95 Å². The van der Waals surface area contributed by atoms with Gasteiger partial charge in [-0.15, -0.1) is 0 Å². The van der Waals surface area contributed by atoms with Crippen LogP contribution in [0.25, 0.3) is 6.08 Å². The molecule has 1 aliphatic heterocycles. The number of amides is 1. The van der Waals surface area contributed by atoms with E-state index in [9.17, 15) is 9.18 Å². The highest BCUT2D eigenvalue weighted by atomic mass is 19.1. The van der Waals surface area contributed by atoms with E-state index < -0.39 is 11.5 Å². The molecule has 4 nitrogen and oxygen atoms in total. The summed E-state index contributed by atoms with van der Waals surface area (Å²) in [6.07, 6.45) is 3.62. The van der Waals surface area contributed by atoms with Crippen LogP contribution in [0.3, 0.4) is 0 Å². The summed E-state index contributed by atoms with van der Waals surface area (Å²) < 4.78 is 18.8. The Kier molecular flexibility index (Phi) is 3.69. The Bertz CT molecular complexity index is 660. The van der Waals surface area contributed by atoms with Crippen LogP contribution in [0.2, 0.25) is 0 Å². The van der Waals surface area contributed by atoms with Crippen molar-refractivity contribution in [1.29, 1.82) is 0 Å². The van der Waals surface area contributed by atoms with Gasteiger partial charge in [0.25, 0.3) is 0 Å². The van der Waals surface area contributed by atoms with E-state index in [4.69, 9.17) is 4.74 Å². The predicted octanol–water partition coefficient (Wildman–Crippen LogP) is 3.94. The number of likely N-dealkylation sites (tertiary alicyclic amines) is 1. The van der Waals surface area contributed by atoms with E-state index in [1.54, 1.807) is 17.9 Å². The maximum atomic E-state index is 13.5. The lowest BCUT2D eigenvalue weighted by molar-refractivity contribution is -0.0498. The molecule has 124 valence electrons. The quantitative estimate of drug-likeness (QED) is 0.737. The molecular formula is C18H23FN2O2. The third-order valence-electron chi connectivity index (χ3n) is 4.32. The summed E-state index contributed by atoms with van der Waals surface area (Å²) in [7, 11) is 0. The van der Waals surface area contributed by atoms with Crippen LogP contribution in [0.4, 0.5) is 9.18 Å².